The molecule has 6 heteroatoms. The van der Waals surface area contributed by atoms with E-state index >= 15 is 0 Å². The number of rotatable bonds is 4. The topological polar surface area (TPSA) is 62.4 Å². The molecule has 0 amide bonds. The molecular formula is C35H31BN2O3. The lowest BCUT2D eigenvalue weighted by molar-refractivity contribution is 0.0600. The third-order valence-corrected chi connectivity index (χ3v) is 8.05. The Bertz CT molecular complexity index is 1900. The number of hydrogen-bond donors (Lipinski definition) is 1. The van der Waals surface area contributed by atoms with Crippen molar-refractivity contribution in [3.05, 3.63) is 134 Å². The molecule has 41 heavy (non-hydrogen) atoms. The number of anilines is 1. The van der Waals surface area contributed by atoms with Crippen LogP contribution < -0.4 is 21.4 Å². The number of nitrogens with zero attached hydrogens (tertiary/aromatic N) is 1. The molecule has 0 fully saturated rings. The molecule has 0 aliphatic carbocycles. The Labute approximate surface area is 240 Å². The highest BCUT2D eigenvalue weighted by atomic mass is 16.5. The van der Waals surface area contributed by atoms with Gasteiger partial charge in [0, 0.05) is 22.4 Å². The van der Waals surface area contributed by atoms with Gasteiger partial charge >= 0.3 is 12.8 Å². The van der Waals surface area contributed by atoms with E-state index in [0.717, 1.165) is 55.6 Å². The summed E-state index contributed by atoms with van der Waals surface area (Å²) in [6, 6.07) is 28.3. The van der Waals surface area contributed by atoms with Crippen LogP contribution in [-0.4, -0.2) is 24.9 Å². The van der Waals surface area contributed by atoms with Crippen molar-refractivity contribution in [1.29, 1.82) is 0 Å². The molecule has 1 aliphatic heterocycles. The zero-order valence-corrected chi connectivity index (χ0v) is 23.9. The van der Waals surface area contributed by atoms with Crippen LogP contribution in [-0.2, 0) is 4.74 Å². The minimum Gasteiger partial charge on any atom is -0.465 e. The normalized spacial score (nSPS) is 12.8. The molecule has 1 N–H and O–H groups in total. The van der Waals surface area contributed by atoms with Gasteiger partial charge in [0.15, 0.2) is 0 Å². The van der Waals surface area contributed by atoms with E-state index < -0.39 is 0 Å². The van der Waals surface area contributed by atoms with Crippen molar-refractivity contribution in [2.24, 2.45) is 0 Å². The number of esters is 1. The molecular weight excluding hydrogens is 507 g/mol. The van der Waals surface area contributed by atoms with Gasteiger partial charge < -0.3 is 14.5 Å². The van der Waals surface area contributed by atoms with Crippen molar-refractivity contribution in [2.75, 3.05) is 11.9 Å². The maximum Gasteiger partial charge on any atom is 0.346 e. The molecule has 202 valence electrons. The molecule has 0 radical (unpaired) electrons. The zero-order chi connectivity index (χ0) is 28.8. The quantitative estimate of drug-likeness (QED) is 0.237. The van der Waals surface area contributed by atoms with Crippen LogP contribution in [0.2, 0.25) is 0 Å². The monoisotopic (exact) mass is 538 g/mol. The molecule has 0 saturated carbocycles. The summed E-state index contributed by atoms with van der Waals surface area (Å²) in [5, 5.41) is 1.58. The van der Waals surface area contributed by atoms with Crippen molar-refractivity contribution in [3.63, 3.8) is 0 Å². The van der Waals surface area contributed by atoms with Gasteiger partial charge in [-0.15, -0.1) is 0 Å². The van der Waals surface area contributed by atoms with Crippen molar-refractivity contribution < 1.29 is 9.53 Å². The average Bonchev–Trinajstić information content (AvgIpc) is 2.97. The lowest BCUT2D eigenvalue weighted by Crippen LogP contribution is -2.62. The maximum absolute atomic E-state index is 13.5. The molecule has 1 aliphatic rings. The van der Waals surface area contributed by atoms with Gasteiger partial charge in [0.05, 0.1) is 12.7 Å². The average molecular weight is 538 g/mol. The van der Waals surface area contributed by atoms with Crippen LogP contribution in [0.5, 0.6) is 0 Å². The van der Waals surface area contributed by atoms with Crippen LogP contribution in [0, 0.1) is 27.7 Å². The lowest BCUT2D eigenvalue weighted by Gasteiger charge is -2.39. The molecule has 0 bridgehead atoms. The largest absolute Gasteiger partial charge is 0.465 e. The lowest BCUT2D eigenvalue weighted by atomic mass is 9.46. The van der Waals surface area contributed by atoms with Crippen LogP contribution in [0.15, 0.2) is 89.7 Å². The molecule has 0 unspecified atom stereocenters. The second-order valence-electron chi connectivity index (χ2n) is 10.8. The number of carbonyl (C=O) groups is 1. The Hall–Kier alpha value is -4.84. The fourth-order valence-electron chi connectivity index (χ4n) is 6.32. The number of aromatic nitrogens is 1. The first-order chi connectivity index (χ1) is 19.8. The number of H-pyrrole nitrogens is 1. The molecule has 5 aromatic rings. The van der Waals surface area contributed by atoms with Gasteiger partial charge in [-0.2, -0.15) is 0 Å². The van der Waals surface area contributed by atoms with Gasteiger partial charge in [0.25, 0.3) is 5.56 Å². The third kappa shape index (κ3) is 4.46. The summed E-state index contributed by atoms with van der Waals surface area (Å²) in [5.41, 5.74) is 10.7. The number of ether oxygens (including phenoxy) is 1. The van der Waals surface area contributed by atoms with Gasteiger partial charge in [0.2, 0.25) is 0 Å². The Morgan fingerprint density at radius 1 is 0.805 bits per heavy atom. The van der Waals surface area contributed by atoms with E-state index in [4.69, 9.17) is 4.74 Å². The van der Waals surface area contributed by atoms with Gasteiger partial charge in [0.1, 0.15) is 0 Å². The van der Waals surface area contributed by atoms with Crippen LogP contribution in [0.1, 0.15) is 43.7 Å². The van der Waals surface area contributed by atoms with E-state index in [1.165, 1.54) is 12.7 Å². The van der Waals surface area contributed by atoms with E-state index in [1.54, 1.807) is 0 Å². The fourth-order valence-corrected chi connectivity index (χ4v) is 6.32. The van der Waals surface area contributed by atoms with Crippen LogP contribution in [0.3, 0.4) is 0 Å². The summed E-state index contributed by atoms with van der Waals surface area (Å²) < 4.78 is 5.02. The van der Waals surface area contributed by atoms with Crippen molar-refractivity contribution >= 4 is 52.1 Å². The predicted molar refractivity (Wildman–Crippen MR) is 170 cm³/mol. The Kier molecular flexibility index (Phi) is 6.62. The highest BCUT2D eigenvalue weighted by Crippen LogP contribution is 2.35. The SMILES string of the molecule is COC(=O)c1ccc(N2B(c3c(C)cc(C)cc3C)c3[nH]c(=O)c4ccccc4c3C=C2c2ccccc2)cc1C. The molecule has 6 rings (SSSR count). The van der Waals surface area contributed by atoms with Crippen molar-refractivity contribution in [1.82, 2.24) is 4.98 Å². The van der Waals surface area contributed by atoms with Crippen LogP contribution in [0.4, 0.5) is 5.69 Å². The number of aryl methyl sites for hydroxylation is 4. The van der Waals surface area contributed by atoms with Gasteiger partial charge in [-0.3, -0.25) is 4.79 Å². The summed E-state index contributed by atoms with van der Waals surface area (Å²) in [7, 11) is 1.40. The van der Waals surface area contributed by atoms with E-state index in [2.05, 4.69) is 60.9 Å². The molecule has 2 heterocycles. The molecule has 0 spiro atoms. The number of fused-ring (bicyclic) bond motifs is 3. The molecule has 0 atom stereocenters. The summed E-state index contributed by atoms with van der Waals surface area (Å²) >= 11 is 0. The summed E-state index contributed by atoms with van der Waals surface area (Å²) in [5.74, 6) is -0.366. The third-order valence-electron chi connectivity index (χ3n) is 8.05. The van der Waals surface area contributed by atoms with Gasteiger partial charge in [-0.05, 0) is 85.6 Å². The molecule has 4 aromatic carbocycles. The second-order valence-corrected chi connectivity index (χ2v) is 10.8. The molecule has 0 saturated heterocycles. The highest BCUT2D eigenvalue weighted by Gasteiger charge is 2.39. The van der Waals surface area contributed by atoms with Gasteiger partial charge in [-0.1, -0.05) is 77.4 Å². The number of aromatic amines is 1. The first-order valence-corrected chi connectivity index (χ1v) is 13.8. The predicted octanol–water partition coefficient (Wildman–Crippen LogP) is 5.67. The first-order valence-electron chi connectivity index (χ1n) is 13.8. The minimum atomic E-state index is -0.366. The summed E-state index contributed by atoms with van der Waals surface area (Å²) in [6.45, 7) is 7.98. The fraction of sp³-hybridized carbons (Fsp3) is 0.143. The number of methoxy groups -OCH3 is 1. The smallest absolute Gasteiger partial charge is 0.346 e. The maximum atomic E-state index is 13.5. The second kappa shape index (κ2) is 10.3. The summed E-state index contributed by atoms with van der Waals surface area (Å²) in [6.07, 6.45) is 2.18. The Morgan fingerprint density at radius 3 is 2.12 bits per heavy atom. The van der Waals surface area contributed by atoms with Crippen molar-refractivity contribution in [3.8, 4) is 0 Å². The van der Waals surface area contributed by atoms with E-state index in [9.17, 15) is 9.59 Å². The molecule has 5 nitrogen and oxygen atoms in total. The number of nitrogens with one attached hydrogen (secondary N) is 1. The van der Waals surface area contributed by atoms with Crippen LogP contribution >= 0.6 is 0 Å². The van der Waals surface area contributed by atoms with Crippen LogP contribution in [0.25, 0.3) is 22.5 Å². The summed E-state index contributed by atoms with van der Waals surface area (Å²) in [4.78, 5) is 31.6. The van der Waals surface area contributed by atoms with Gasteiger partial charge in [-0.25, -0.2) is 4.79 Å². The number of benzene rings is 4. The van der Waals surface area contributed by atoms with Crippen molar-refractivity contribution in [2.45, 2.75) is 27.7 Å². The van der Waals surface area contributed by atoms with E-state index in [0.29, 0.717) is 10.9 Å². The number of carbonyl (C=O) groups excluding carboxylic acids is 1. The molecule has 1 aromatic heterocycles. The number of pyridine rings is 1. The first kappa shape index (κ1) is 26.4. The van der Waals surface area contributed by atoms with E-state index in [-0.39, 0.29) is 18.4 Å². The standard InChI is InChI=1S/C35H31BN2O3/c1-21-17-23(3)32(24(4)18-21)36-33-30(28-13-9-10-14-29(28)34(39)37-33)20-31(25-11-7-6-8-12-25)38(36)26-15-16-27(22(2)19-26)35(40)41-5/h6-20H,1-5H3,(H,37,39). The van der Waals surface area contributed by atoms with E-state index in [1.807, 2.05) is 67.6 Å². The highest BCUT2D eigenvalue weighted by molar-refractivity contribution is 6.91. The Balaban J connectivity index is 1.74. The minimum absolute atomic E-state index is 0.111. The zero-order valence-electron chi connectivity index (χ0n) is 23.9. The number of hydrogen-bond acceptors (Lipinski definition) is 4. The Morgan fingerprint density at radius 2 is 1.46 bits per heavy atom.